The third-order valence-corrected chi connectivity index (χ3v) is 5.16. The molecule has 0 aliphatic carbocycles. The molecule has 0 unspecified atom stereocenters. The Labute approximate surface area is 175 Å². The zero-order valence-electron chi connectivity index (χ0n) is 17.3. The van der Waals surface area contributed by atoms with Gasteiger partial charge >= 0.3 is 0 Å². The predicted molar refractivity (Wildman–Crippen MR) is 116 cm³/mol. The van der Waals surface area contributed by atoms with Gasteiger partial charge in [0.05, 0.1) is 0 Å². The Hall–Kier alpha value is -3.67. The molecule has 6 nitrogen and oxygen atoms in total. The standard InChI is InChI=1S/C24H24N4O2/c1-16-6-10-20(11-7-16)23-26-24(30-27-23)21-5-4-12-28(21)15-22(29)25-14-19-9-8-17(2)18(3)13-19/h4-13H,14-15H2,1-3H3,(H,25,29). The fourth-order valence-electron chi connectivity index (χ4n) is 3.22. The molecule has 1 amide bonds. The molecule has 0 saturated carbocycles. The molecule has 0 aliphatic rings. The SMILES string of the molecule is Cc1ccc(-c2noc(-c3cccn3CC(=O)NCc3ccc(C)c(C)c3)n2)cc1. The average Bonchev–Trinajstić information content (AvgIpc) is 3.39. The van der Waals surface area contributed by atoms with Crippen LogP contribution in [-0.4, -0.2) is 20.6 Å². The Morgan fingerprint density at radius 1 is 1.03 bits per heavy atom. The van der Waals surface area contributed by atoms with Crippen molar-refractivity contribution in [2.75, 3.05) is 0 Å². The van der Waals surface area contributed by atoms with Gasteiger partial charge in [-0.15, -0.1) is 0 Å². The summed E-state index contributed by atoms with van der Waals surface area (Å²) in [4.78, 5) is 17.0. The van der Waals surface area contributed by atoms with Gasteiger partial charge in [0.15, 0.2) is 0 Å². The summed E-state index contributed by atoms with van der Waals surface area (Å²) in [6.45, 7) is 6.85. The molecule has 4 aromatic rings. The Kier molecular flexibility index (Phi) is 5.48. The number of nitrogens with zero attached hydrogens (tertiary/aromatic N) is 3. The van der Waals surface area contributed by atoms with Crippen LogP contribution in [0.1, 0.15) is 22.3 Å². The van der Waals surface area contributed by atoms with Crippen molar-refractivity contribution in [3.63, 3.8) is 0 Å². The first kappa shape index (κ1) is 19.6. The lowest BCUT2D eigenvalue weighted by atomic mass is 10.1. The number of hydrogen-bond acceptors (Lipinski definition) is 4. The molecular formula is C24H24N4O2. The Balaban J connectivity index is 1.43. The fraction of sp³-hybridized carbons (Fsp3) is 0.208. The monoisotopic (exact) mass is 400 g/mol. The molecule has 0 aliphatic heterocycles. The summed E-state index contributed by atoms with van der Waals surface area (Å²) < 4.78 is 7.26. The number of amides is 1. The highest BCUT2D eigenvalue weighted by atomic mass is 16.5. The molecule has 0 saturated heterocycles. The van der Waals surface area contributed by atoms with E-state index in [4.69, 9.17) is 4.52 Å². The number of hydrogen-bond donors (Lipinski definition) is 1. The second kappa shape index (κ2) is 8.37. The molecule has 4 rings (SSSR count). The highest BCUT2D eigenvalue weighted by Crippen LogP contribution is 2.23. The lowest BCUT2D eigenvalue weighted by molar-refractivity contribution is -0.121. The van der Waals surface area contributed by atoms with Crippen LogP contribution < -0.4 is 5.32 Å². The van der Waals surface area contributed by atoms with Crippen molar-refractivity contribution in [1.29, 1.82) is 0 Å². The lowest BCUT2D eigenvalue weighted by Gasteiger charge is -2.09. The van der Waals surface area contributed by atoms with E-state index in [1.807, 2.05) is 60.2 Å². The van der Waals surface area contributed by atoms with Crippen LogP contribution in [0.25, 0.3) is 23.0 Å². The number of aromatic nitrogens is 3. The number of carbonyl (C=O) groups excluding carboxylic acids is 1. The fourth-order valence-corrected chi connectivity index (χ4v) is 3.22. The third kappa shape index (κ3) is 4.33. The molecule has 30 heavy (non-hydrogen) atoms. The molecule has 0 radical (unpaired) electrons. The van der Waals surface area contributed by atoms with Crippen LogP contribution in [0.5, 0.6) is 0 Å². The van der Waals surface area contributed by atoms with Crippen LogP contribution >= 0.6 is 0 Å². The highest BCUT2D eigenvalue weighted by molar-refractivity contribution is 5.76. The van der Waals surface area contributed by atoms with Crippen molar-refractivity contribution in [3.8, 4) is 23.0 Å². The molecule has 0 fully saturated rings. The number of aryl methyl sites for hydroxylation is 3. The van der Waals surface area contributed by atoms with Gasteiger partial charge in [-0.25, -0.2) is 0 Å². The van der Waals surface area contributed by atoms with E-state index >= 15 is 0 Å². The first-order chi connectivity index (χ1) is 14.5. The van der Waals surface area contributed by atoms with Gasteiger partial charge in [0, 0.05) is 18.3 Å². The molecule has 1 N–H and O–H groups in total. The van der Waals surface area contributed by atoms with Gasteiger partial charge in [-0.05, 0) is 49.6 Å². The predicted octanol–water partition coefficient (Wildman–Crippen LogP) is 4.45. The maximum Gasteiger partial charge on any atom is 0.274 e. The van der Waals surface area contributed by atoms with Crippen LogP contribution in [-0.2, 0) is 17.9 Å². The van der Waals surface area contributed by atoms with Gasteiger partial charge in [0.2, 0.25) is 11.7 Å². The second-order valence-corrected chi connectivity index (χ2v) is 7.51. The quantitative estimate of drug-likeness (QED) is 0.519. The number of rotatable bonds is 6. The minimum Gasteiger partial charge on any atom is -0.350 e. The molecule has 152 valence electrons. The van der Waals surface area contributed by atoms with Gasteiger partial charge in [-0.2, -0.15) is 4.98 Å². The van der Waals surface area contributed by atoms with Crippen LogP contribution in [0.2, 0.25) is 0 Å². The molecule has 2 aromatic heterocycles. The summed E-state index contributed by atoms with van der Waals surface area (Å²) >= 11 is 0. The van der Waals surface area contributed by atoms with Crippen molar-refractivity contribution in [1.82, 2.24) is 20.0 Å². The normalized spacial score (nSPS) is 10.9. The van der Waals surface area contributed by atoms with Gasteiger partial charge in [0.1, 0.15) is 12.2 Å². The summed E-state index contributed by atoms with van der Waals surface area (Å²) in [5, 5.41) is 7.06. The van der Waals surface area contributed by atoms with Gasteiger partial charge in [-0.3, -0.25) is 4.79 Å². The van der Waals surface area contributed by atoms with E-state index in [0.717, 1.165) is 11.1 Å². The van der Waals surface area contributed by atoms with E-state index in [-0.39, 0.29) is 12.5 Å². The van der Waals surface area contributed by atoms with Gasteiger partial charge in [-0.1, -0.05) is 53.2 Å². The largest absolute Gasteiger partial charge is 0.350 e. The Morgan fingerprint density at radius 3 is 2.60 bits per heavy atom. The second-order valence-electron chi connectivity index (χ2n) is 7.51. The maximum absolute atomic E-state index is 12.5. The first-order valence-electron chi connectivity index (χ1n) is 9.89. The summed E-state index contributed by atoms with van der Waals surface area (Å²) in [5.74, 6) is 0.832. The summed E-state index contributed by atoms with van der Waals surface area (Å²) in [5.41, 5.74) is 6.31. The summed E-state index contributed by atoms with van der Waals surface area (Å²) in [7, 11) is 0. The van der Waals surface area contributed by atoms with Crippen LogP contribution in [0, 0.1) is 20.8 Å². The van der Waals surface area contributed by atoms with E-state index < -0.39 is 0 Å². The molecule has 2 aromatic carbocycles. The number of benzene rings is 2. The van der Waals surface area contributed by atoms with Crippen molar-refractivity contribution in [3.05, 3.63) is 83.0 Å². The smallest absolute Gasteiger partial charge is 0.274 e. The van der Waals surface area contributed by atoms with E-state index in [0.29, 0.717) is 24.0 Å². The first-order valence-corrected chi connectivity index (χ1v) is 9.89. The van der Waals surface area contributed by atoms with E-state index in [1.165, 1.54) is 16.7 Å². The van der Waals surface area contributed by atoms with Crippen molar-refractivity contribution >= 4 is 5.91 Å². The van der Waals surface area contributed by atoms with Crippen molar-refractivity contribution < 1.29 is 9.32 Å². The van der Waals surface area contributed by atoms with Crippen molar-refractivity contribution in [2.24, 2.45) is 0 Å². The van der Waals surface area contributed by atoms with E-state index in [2.05, 4.69) is 41.4 Å². The van der Waals surface area contributed by atoms with Crippen LogP contribution in [0.15, 0.2) is 65.3 Å². The maximum atomic E-state index is 12.5. The molecule has 6 heteroatoms. The topological polar surface area (TPSA) is 73.0 Å². The minimum absolute atomic E-state index is 0.0797. The zero-order chi connectivity index (χ0) is 21.1. The third-order valence-electron chi connectivity index (χ3n) is 5.16. The number of carbonyl (C=O) groups is 1. The van der Waals surface area contributed by atoms with E-state index in [1.54, 1.807) is 0 Å². The highest BCUT2D eigenvalue weighted by Gasteiger charge is 2.15. The molecule has 0 atom stereocenters. The zero-order valence-corrected chi connectivity index (χ0v) is 17.3. The number of nitrogens with one attached hydrogen (secondary N) is 1. The minimum atomic E-state index is -0.0797. The summed E-state index contributed by atoms with van der Waals surface area (Å²) in [6.07, 6.45) is 1.83. The van der Waals surface area contributed by atoms with Gasteiger partial charge in [0.25, 0.3) is 5.89 Å². The molecule has 2 heterocycles. The lowest BCUT2D eigenvalue weighted by Crippen LogP contribution is -2.27. The molecular weight excluding hydrogens is 376 g/mol. The summed E-state index contributed by atoms with van der Waals surface area (Å²) in [6, 6.07) is 17.9. The molecule has 0 bridgehead atoms. The van der Waals surface area contributed by atoms with E-state index in [9.17, 15) is 4.79 Å². The van der Waals surface area contributed by atoms with Gasteiger partial charge < -0.3 is 14.4 Å². The van der Waals surface area contributed by atoms with Crippen LogP contribution in [0.4, 0.5) is 0 Å². The Bertz CT molecular complexity index is 1170. The van der Waals surface area contributed by atoms with Crippen LogP contribution in [0.3, 0.4) is 0 Å². The average molecular weight is 400 g/mol. The van der Waals surface area contributed by atoms with Crippen molar-refractivity contribution in [2.45, 2.75) is 33.9 Å². The Morgan fingerprint density at radius 2 is 1.83 bits per heavy atom. The molecule has 0 spiro atoms.